The van der Waals surface area contributed by atoms with Gasteiger partial charge in [-0.3, -0.25) is 0 Å². The number of hydrogen-bond acceptors (Lipinski definition) is 3. The molecule has 2 aromatic heterocycles. The molecule has 0 radical (unpaired) electrons. The zero-order valence-electron chi connectivity index (χ0n) is 29.5. The average molecular weight is 680 g/mol. The fraction of sp³-hybridized carbons (Fsp3) is 0.0600. The van der Waals surface area contributed by atoms with Crippen molar-refractivity contribution in [2.24, 2.45) is 0 Å². The van der Waals surface area contributed by atoms with E-state index in [0.29, 0.717) is 5.82 Å². The van der Waals surface area contributed by atoms with E-state index in [1.165, 1.54) is 5.56 Å². The van der Waals surface area contributed by atoms with E-state index in [1.54, 1.807) is 0 Å². The molecule has 252 valence electrons. The van der Waals surface area contributed by atoms with Crippen molar-refractivity contribution in [3.8, 4) is 56.2 Å². The second-order valence-corrected chi connectivity index (χ2v) is 13.9. The third-order valence-corrected chi connectivity index (χ3v) is 10.3. The fourth-order valence-corrected chi connectivity index (χ4v) is 7.32. The summed E-state index contributed by atoms with van der Waals surface area (Å²) in [6, 6.07) is 61.5. The van der Waals surface area contributed by atoms with E-state index in [0.717, 1.165) is 78.9 Å². The summed E-state index contributed by atoms with van der Waals surface area (Å²) in [6.45, 7) is 2.30. The summed E-state index contributed by atoms with van der Waals surface area (Å²) in [5.74, 6) is 0.694. The SMILES string of the molecule is CC1(c2ccccc2)C=CC(c2cc(-c3ccccc3)nc(-c3ccc(-c4nc5c(-c6ccccc6)cccc5cc4-c4ccccc4)cc3)n2)=CC1. The predicted molar refractivity (Wildman–Crippen MR) is 220 cm³/mol. The number of para-hydroxylation sites is 1. The van der Waals surface area contributed by atoms with Crippen molar-refractivity contribution in [1.82, 2.24) is 15.0 Å². The van der Waals surface area contributed by atoms with Crippen LogP contribution < -0.4 is 0 Å². The van der Waals surface area contributed by atoms with Crippen LogP contribution in [0.15, 0.2) is 194 Å². The van der Waals surface area contributed by atoms with Crippen molar-refractivity contribution in [3.05, 3.63) is 205 Å². The standard InChI is InChI=1S/C50H37N3/c1-50(42-22-12-5-13-23-42)31-29-38(30-32-50)46-34-45(37-19-10-4-11-20-37)51-49(52-46)40-27-25-39(26-28-40)47-44(36-17-8-3-9-18-36)33-41-21-14-24-43(48(41)53-47)35-15-6-2-7-16-35/h2-31,33-34H,32H2,1H3. The van der Waals surface area contributed by atoms with Gasteiger partial charge in [-0.25, -0.2) is 15.0 Å². The van der Waals surface area contributed by atoms with Gasteiger partial charge in [0.15, 0.2) is 5.82 Å². The molecule has 1 atom stereocenters. The molecule has 0 aliphatic heterocycles. The fourth-order valence-electron chi connectivity index (χ4n) is 7.32. The smallest absolute Gasteiger partial charge is 0.160 e. The summed E-state index contributed by atoms with van der Waals surface area (Å²) in [4.78, 5) is 15.7. The highest BCUT2D eigenvalue weighted by Crippen LogP contribution is 2.39. The van der Waals surface area contributed by atoms with Gasteiger partial charge in [-0.05, 0) is 40.8 Å². The van der Waals surface area contributed by atoms with Crippen molar-refractivity contribution in [3.63, 3.8) is 0 Å². The molecule has 0 saturated carbocycles. The lowest BCUT2D eigenvalue weighted by molar-refractivity contribution is 0.601. The van der Waals surface area contributed by atoms with Crippen molar-refractivity contribution in [2.45, 2.75) is 18.8 Å². The monoisotopic (exact) mass is 679 g/mol. The summed E-state index contributed by atoms with van der Waals surface area (Å²) < 4.78 is 0. The molecule has 9 rings (SSSR count). The molecule has 0 saturated heterocycles. The largest absolute Gasteiger partial charge is 0.246 e. The molecule has 0 bridgehead atoms. The third-order valence-electron chi connectivity index (χ3n) is 10.3. The van der Waals surface area contributed by atoms with E-state index in [9.17, 15) is 0 Å². The van der Waals surface area contributed by atoms with Crippen LogP contribution >= 0.6 is 0 Å². The lowest BCUT2D eigenvalue weighted by Gasteiger charge is -2.28. The zero-order chi connectivity index (χ0) is 35.6. The molecular weight excluding hydrogens is 643 g/mol. The summed E-state index contributed by atoms with van der Waals surface area (Å²) in [7, 11) is 0. The van der Waals surface area contributed by atoms with Gasteiger partial charge < -0.3 is 0 Å². The highest BCUT2D eigenvalue weighted by atomic mass is 14.9. The number of benzene rings is 6. The highest BCUT2D eigenvalue weighted by Gasteiger charge is 2.25. The number of allylic oxidation sites excluding steroid dienone is 4. The molecule has 1 aliphatic carbocycles. The quantitative estimate of drug-likeness (QED) is 0.168. The zero-order valence-corrected chi connectivity index (χ0v) is 29.5. The Morgan fingerprint density at radius 2 is 1.06 bits per heavy atom. The topological polar surface area (TPSA) is 38.7 Å². The van der Waals surface area contributed by atoms with Crippen LogP contribution in [0.25, 0.3) is 72.6 Å². The summed E-state index contributed by atoms with van der Waals surface area (Å²) in [6.07, 6.45) is 7.75. The minimum Gasteiger partial charge on any atom is -0.246 e. The molecule has 3 heteroatoms. The van der Waals surface area contributed by atoms with Gasteiger partial charge in [-0.2, -0.15) is 0 Å². The average Bonchev–Trinajstić information content (AvgIpc) is 3.24. The molecule has 0 N–H and O–H groups in total. The van der Waals surface area contributed by atoms with Gasteiger partial charge in [0, 0.05) is 38.6 Å². The van der Waals surface area contributed by atoms with Crippen molar-refractivity contribution < 1.29 is 0 Å². The lowest BCUT2D eigenvalue weighted by Crippen LogP contribution is -2.20. The third kappa shape index (κ3) is 6.39. The molecule has 0 fully saturated rings. The van der Waals surface area contributed by atoms with Crippen molar-refractivity contribution >= 4 is 16.5 Å². The first-order valence-electron chi connectivity index (χ1n) is 18.2. The Kier molecular flexibility index (Phi) is 8.38. The van der Waals surface area contributed by atoms with Gasteiger partial charge >= 0.3 is 0 Å². The van der Waals surface area contributed by atoms with E-state index in [4.69, 9.17) is 15.0 Å². The molecule has 1 unspecified atom stereocenters. The maximum absolute atomic E-state index is 5.42. The molecule has 8 aromatic rings. The van der Waals surface area contributed by atoms with E-state index in [2.05, 4.69) is 195 Å². The van der Waals surface area contributed by atoms with E-state index < -0.39 is 0 Å². The summed E-state index contributed by atoms with van der Waals surface area (Å²) in [5.41, 5.74) is 13.7. The van der Waals surface area contributed by atoms with E-state index >= 15 is 0 Å². The first-order chi connectivity index (χ1) is 26.1. The Hall–Kier alpha value is -6.71. The first kappa shape index (κ1) is 32.2. The Morgan fingerprint density at radius 1 is 0.472 bits per heavy atom. The normalized spacial score (nSPS) is 15.3. The highest BCUT2D eigenvalue weighted by molar-refractivity contribution is 5.99. The minimum atomic E-state index is -0.0595. The predicted octanol–water partition coefficient (Wildman–Crippen LogP) is 12.7. The van der Waals surface area contributed by atoms with Gasteiger partial charge in [0.1, 0.15) is 0 Å². The molecule has 1 aliphatic rings. The van der Waals surface area contributed by atoms with Crippen LogP contribution in [-0.4, -0.2) is 15.0 Å². The maximum Gasteiger partial charge on any atom is 0.160 e. The molecule has 2 heterocycles. The molecule has 0 spiro atoms. The van der Waals surface area contributed by atoms with Crippen LogP contribution in [0.2, 0.25) is 0 Å². The van der Waals surface area contributed by atoms with Gasteiger partial charge in [-0.15, -0.1) is 0 Å². The Labute approximate surface area is 310 Å². The number of aromatic nitrogens is 3. The Morgan fingerprint density at radius 3 is 1.70 bits per heavy atom. The minimum absolute atomic E-state index is 0.0595. The van der Waals surface area contributed by atoms with E-state index in [1.807, 2.05) is 6.07 Å². The van der Waals surface area contributed by atoms with Gasteiger partial charge in [0.25, 0.3) is 0 Å². The van der Waals surface area contributed by atoms with Crippen LogP contribution in [-0.2, 0) is 5.41 Å². The second kappa shape index (κ2) is 13.8. The van der Waals surface area contributed by atoms with Gasteiger partial charge in [0.2, 0.25) is 0 Å². The second-order valence-electron chi connectivity index (χ2n) is 13.9. The lowest BCUT2D eigenvalue weighted by atomic mass is 9.76. The molecule has 6 aromatic carbocycles. The van der Waals surface area contributed by atoms with Crippen molar-refractivity contribution in [2.75, 3.05) is 0 Å². The van der Waals surface area contributed by atoms with Crippen LogP contribution in [0.3, 0.4) is 0 Å². The molecular formula is C50H37N3. The van der Waals surface area contributed by atoms with Crippen LogP contribution in [0.4, 0.5) is 0 Å². The van der Waals surface area contributed by atoms with E-state index in [-0.39, 0.29) is 5.41 Å². The Bertz CT molecular complexity index is 2610. The number of pyridine rings is 1. The van der Waals surface area contributed by atoms with Gasteiger partial charge in [0.05, 0.1) is 22.6 Å². The number of nitrogens with zero attached hydrogens (tertiary/aromatic N) is 3. The first-order valence-corrected chi connectivity index (χ1v) is 18.2. The number of fused-ring (bicyclic) bond motifs is 1. The van der Waals surface area contributed by atoms with Crippen LogP contribution in [0.5, 0.6) is 0 Å². The summed E-state index contributed by atoms with van der Waals surface area (Å²) >= 11 is 0. The molecule has 0 amide bonds. The van der Waals surface area contributed by atoms with Crippen molar-refractivity contribution in [1.29, 1.82) is 0 Å². The van der Waals surface area contributed by atoms with Crippen LogP contribution in [0, 0.1) is 0 Å². The summed E-state index contributed by atoms with van der Waals surface area (Å²) in [5, 5.41) is 1.11. The van der Waals surface area contributed by atoms with Crippen LogP contribution in [0.1, 0.15) is 24.6 Å². The molecule has 3 nitrogen and oxygen atoms in total. The number of rotatable bonds is 7. The maximum atomic E-state index is 5.42. The number of hydrogen-bond donors (Lipinski definition) is 0. The van der Waals surface area contributed by atoms with Gasteiger partial charge in [-0.1, -0.05) is 189 Å². The Balaban J connectivity index is 1.13. The molecule has 53 heavy (non-hydrogen) atoms.